The third-order valence-corrected chi connectivity index (χ3v) is 4.06. The molecule has 1 N–H and O–H groups in total. The summed E-state index contributed by atoms with van der Waals surface area (Å²) in [5.74, 6) is -1.61. The minimum absolute atomic E-state index is 0.272. The zero-order valence-electron chi connectivity index (χ0n) is 15.7. The highest BCUT2D eigenvalue weighted by Crippen LogP contribution is 2.28. The van der Waals surface area contributed by atoms with Gasteiger partial charge in [0, 0.05) is 12.0 Å². The normalized spacial score (nSPS) is 14.0. The molecule has 0 unspecified atom stereocenters. The van der Waals surface area contributed by atoms with Crippen molar-refractivity contribution in [3.05, 3.63) is 59.7 Å². The van der Waals surface area contributed by atoms with Gasteiger partial charge in [0.1, 0.15) is 11.4 Å². The fourth-order valence-corrected chi connectivity index (χ4v) is 2.68. The molecule has 3 nitrogen and oxygen atoms in total. The first-order valence-corrected chi connectivity index (χ1v) is 8.61. The number of halogens is 4. The molecule has 0 saturated carbocycles. The van der Waals surface area contributed by atoms with Crippen molar-refractivity contribution < 1.29 is 27.5 Å². The highest BCUT2D eigenvalue weighted by molar-refractivity contribution is 6.05. The number of aliphatic imine (C=N–C) groups is 1. The number of hydrogen-bond donors (Lipinski definition) is 1. The van der Waals surface area contributed by atoms with Crippen LogP contribution >= 0.6 is 0 Å². The molecule has 0 bridgehead atoms. The summed E-state index contributed by atoms with van der Waals surface area (Å²) in [5, 5.41) is 9.17. The van der Waals surface area contributed by atoms with Crippen LogP contribution in [0.1, 0.15) is 31.4 Å². The molecule has 0 aromatic heterocycles. The van der Waals surface area contributed by atoms with E-state index in [4.69, 9.17) is 0 Å². The van der Waals surface area contributed by atoms with Crippen molar-refractivity contribution >= 4 is 11.7 Å². The standard InChI is InChI=1S/C21H21F4NO2/c1-13-4-6-14(7-5-13)15-8-10-16(11-9-15)18(21(23,24)25)26-17(19(27)28)12-20(2,3)22/h4-11,17H,12H2,1-3H3,(H,27,28)/t17-/m0/s1. The molecule has 1 atom stereocenters. The fraction of sp³-hybridized carbons (Fsp3) is 0.333. The van der Waals surface area contributed by atoms with Gasteiger partial charge in [0.2, 0.25) is 0 Å². The van der Waals surface area contributed by atoms with E-state index < -0.39 is 36.0 Å². The van der Waals surface area contributed by atoms with E-state index in [2.05, 4.69) is 4.99 Å². The molecular weight excluding hydrogens is 374 g/mol. The van der Waals surface area contributed by atoms with Crippen molar-refractivity contribution in [1.29, 1.82) is 0 Å². The Hall–Kier alpha value is -2.70. The minimum Gasteiger partial charge on any atom is -0.480 e. The van der Waals surface area contributed by atoms with Crippen molar-refractivity contribution in [3.8, 4) is 11.1 Å². The molecule has 0 radical (unpaired) electrons. The van der Waals surface area contributed by atoms with Gasteiger partial charge < -0.3 is 5.11 Å². The Morgan fingerprint density at radius 1 is 0.964 bits per heavy atom. The molecule has 0 heterocycles. The van der Waals surface area contributed by atoms with E-state index in [-0.39, 0.29) is 5.56 Å². The van der Waals surface area contributed by atoms with E-state index in [1.165, 1.54) is 24.3 Å². The van der Waals surface area contributed by atoms with Gasteiger partial charge in [0.15, 0.2) is 6.04 Å². The smallest absolute Gasteiger partial charge is 0.433 e. The maximum absolute atomic E-state index is 13.8. The number of hydrogen-bond acceptors (Lipinski definition) is 2. The molecule has 0 saturated heterocycles. The van der Waals surface area contributed by atoms with Gasteiger partial charge in [0.25, 0.3) is 0 Å². The Balaban J connectivity index is 2.42. The predicted octanol–water partition coefficient (Wildman–Crippen LogP) is 5.60. The van der Waals surface area contributed by atoms with Gasteiger partial charge in [-0.1, -0.05) is 54.1 Å². The van der Waals surface area contributed by atoms with Crippen molar-refractivity contribution in [1.82, 2.24) is 0 Å². The number of carboxylic acids is 1. The van der Waals surface area contributed by atoms with Gasteiger partial charge in [-0.25, -0.2) is 9.18 Å². The molecule has 28 heavy (non-hydrogen) atoms. The summed E-state index contributed by atoms with van der Waals surface area (Å²) >= 11 is 0. The molecule has 0 aliphatic carbocycles. The number of alkyl halides is 4. The summed E-state index contributed by atoms with van der Waals surface area (Å²) in [7, 11) is 0. The monoisotopic (exact) mass is 395 g/mol. The summed E-state index contributed by atoms with van der Waals surface area (Å²) in [4.78, 5) is 14.7. The van der Waals surface area contributed by atoms with E-state index in [1.807, 2.05) is 31.2 Å². The zero-order valence-corrected chi connectivity index (χ0v) is 15.7. The Morgan fingerprint density at radius 3 is 1.82 bits per heavy atom. The third kappa shape index (κ3) is 5.90. The van der Waals surface area contributed by atoms with Crippen LogP contribution in [-0.2, 0) is 4.79 Å². The number of aliphatic carboxylic acids is 1. The van der Waals surface area contributed by atoms with Gasteiger partial charge in [0.05, 0.1) is 0 Å². The van der Waals surface area contributed by atoms with Crippen LogP contribution in [0.4, 0.5) is 17.6 Å². The average Bonchev–Trinajstić information content (AvgIpc) is 2.57. The fourth-order valence-electron chi connectivity index (χ4n) is 2.68. The molecule has 0 spiro atoms. The number of rotatable bonds is 6. The number of aryl methyl sites for hydroxylation is 1. The molecular formula is C21H21F4NO2. The zero-order chi connectivity index (χ0) is 21.1. The summed E-state index contributed by atoms with van der Waals surface area (Å²) in [6, 6.07) is 11.1. The summed E-state index contributed by atoms with van der Waals surface area (Å²) in [6.45, 7) is 4.13. The number of benzene rings is 2. The molecule has 0 fully saturated rings. The molecule has 2 aromatic carbocycles. The lowest BCUT2D eigenvalue weighted by atomic mass is 9.99. The van der Waals surface area contributed by atoms with Crippen LogP contribution < -0.4 is 0 Å². The molecule has 0 aliphatic rings. The highest BCUT2D eigenvalue weighted by Gasteiger charge is 2.39. The molecule has 2 aromatic rings. The molecule has 7 heteroatoms. The van der Waals surface area contributed by atoms with Crippen molar-refractivity contribution in [2.75, 3.05) is 0 Å². The first-order chi connectivity index (χ1) is 12.9. The highest BCUT2D eigenvalue weighted by atomic mass is 19.4. The second kappa shape index (κ2) is 8.12. The van der Waals surface area contributed by atoms with Crippen LogP contribution in [0.3, 0.4) is 0 Å². The number of nitrogens with zero attached hydrogens (tertiary/aromatic N) is 1. The van der Waals surface area contributed by atoms with Crippen LogP contribution in [0.25, 0.3) is 11.1 Å². The topological polar surface area (TPSA) is 49.7 Å². The van der Waals surface area contributed by atoms with Crippen LogP contribution in [0, 0.1) is 6.92 Å². The molecule has 2 rings (SSSR count). The van der Waals surface area contributed by atoms with E-state index in [0.717, 1.165) is 25.0 Å². The van der Waals surface area contributed by atoms with Crippen LogP contribution in [0.15, 0.2) is 53.5 Å². The van der Waals surface area contributed by atoms with E-state index in [1.54, 1.807) is 0 Å². The lowest BCUT2D eigenvalue weighted by Crippen LogP contribution is -2.32. The number of carbonyl (C=O) groups is 1. The quantitative estimate of drug-likeness (QED) is 0.511. The Labute approximate surface area is 160 Å². The Morgan fingerprint density at radius 2 is 1.43 bits per heavy atom. The summed E-state index contributed by atoms with van der Waals surface area (Å²) < 4.78 is 54.3. The van der Waals surface area contributed by atoms with E-state index in [0.29, 0.717) is 5.56 Å². The molecule has 150 valence electrons. The molecule has 0 aliphatic heterocycles. The van der Waals surface area contributed by atoms with Gasteiger partial charge in [-0.2, -0.15) is 13.2 Å². The number of carboxylic acid groups (broad SMARTS) is 1. The summed E-state index contributed by atoms with van der Waals surface area (Å²) in [6.07, 6.45) is -5.54. The second-order valence-corrected chi connectivity index (χ2v) is 7.20. The van der Waals surface area contributed by atoms with Gasteiger partial charge >= 0.3 is 12.1 Å². The van der Waals surface area contributed by atoms with E-state index >= 15 is 0 Å². The lowest BCUT2D eigenvalue weighted by molar-refractivity contribution is -0.139. The van der Waals surface area contributed by atoms with Crippen molar-refractivity contribution in [2.45, 2.75) is 45.1 Å². The Bertz CT molecular complexity index is 848. The van der Waals surface area contributed by atoms with Gasteiger partial charge in [-0.05, 0) is 31.9 Å². The average molecular weight is 395 g/mol. The SMILES string of the molecule is Cc1ccc(-c2ccc(C(=N[C@@H](CC(C)(C)F)C(=O)O)C(F)(F)F)cc2)cc1. The second-order valence-electron chi connectivity index (χ2n) is 7.20. The molecule has 0 amide bonds. The Kier molecular flexibility index (Phi) is 6.27. The lowest BCUT2D eigenvalue weighted by Gasteiger charge is -2.19. The first kappa shape index (κ1) is 21.6. The maximum atomic E-state index is 13.8. The first-order valence-electron chi connectivity index (χ1n) is 8.61. The van der Waals surface area contributed by atoms with Crippen molar-refractivity contribution in [2.24, 2.45) is 4.99 Å². The predicted molar refractivity (Wildman–Crippen MR) is 100 cm³/mol. The van der Waals surface area contributed by atoms with Crippen LogP contribution in [0.5, 0.6) is 0 Å². The summed E-state index contributed by atoms with van der Waals surface area (Å²) in [5.41, 5.74) is -0.970. The van der Waals surface area contributed by atoms with E-state index in [9.17, 15) is 27.5 Å². The van der Waals surface area contributed by atoms with Crippen molar-refractivity contribution in [3.63, 3.8) is 0 Å². The largest absolute Gasteiger partial charge is 0.480 e. The minimum atomic E-state index is -4.88. The third-order valence-electron chi connectivity index (χ3n) is 4.06. The van der Waals surface area contributed by atoms with Crippen LogP contribution in [-0.4, -0.2) is 34.7 Å². The van der Waals surface area contributed by atoms with Gasteiger partial charge in [-0.3, -0.25) is 4.99 Å². The van der Waals surface area contributed by atoms with Gasteiger partial charge in [-0.15, -0.1) is 0 Å². The van der Waals surface area contributed by atoms with Crippen LogP contribution in [0.2, 0.25) is 0 Å². The maximum Gasteiger partial charge on any atom is 0.433 e.